The van der Waals surface area contributed by atoms with E-state index in [0.717, 1.165) is 26.5 Å². The van der Waals surface area contributed by atoms with E-state index >= 15 is 0 Å². The van der Waals surface area contributed by atoms with E-state index in [9.17, 15) is 5.11 Å². The van der Waals surface area contributed by atoms with Gasteiger partial charge < -0.3 is 10.4 Å². The molecule has 0 bridgehead atoms. The third-order valence-electron chi connectivity index (χ3n) is 2.96. The van der Waals surface area contributed by atoms with Gasteiger partial charge in [-0.2, -0.15) is 0 Å². The fourth-order valence-electron chi connectivity index (χ4n) is 2.04. The maximum absolute atomic E-state index is 10.0. The zero-order valence-corrected chi connectivity index (χ0v) is 11.2. The van der Waals surface area contributed by atoms with E-state index in [2.05, 4.69) is 15.5 Å². The van der Waals surface area contributed by atoms with E-state index in [0.29, 0.717) is 12.3 Å². The highest BCUT2D eigenvalue weighted by Gasteiger charge is 2.07. The summed E-state index contributed by atoms with van der Waals surface area (Å²) in [6.07, 6.45) is 0. The van der Waals surface area contributed by atoms with Gasteiger partial charge in [0.15, 0.2) is 0 Å². The lowest BCUT2D eigenvalue weighted by molar-refractivity contribution is 0.470. The van der Waals surface area contributed by atoms with Crippen LogP contribution in [-0.2, 0) is 6.54 Å². The molecule has 0 amide bonds. The maximum atomic E-state index is 10.0. The second-order valence-corrected chi connectivity index (χ2v) is 5.45. The van der Waals surface area contributed by atoms with Gasteiger partial charge in [0.05, 0.1) is 0 Å². The number of aromatic hydroxyl groups is 1. The van der Waals surface area contributed by atoms with Crippen molar-refractivity contribution in [3.8, 4) is 5.75 Å². The minimum atomic E-state index is 0.299. The van der Waals surface area contributed by atoms with Gasteiger partial charge in [0.2, 0.25) is 5.13 Å². The van der Waals surface area contributed by atoms with Gasteiger partial charge in [-0.05, 0) is 23.8 Å². The largest absolute Gasteiger partial charge is 0.508 e. The standard InChI is InChI=1S/C14H13N3OS/c1-9-16-17-14(19-9)15-8-12-11-5-3-2-4-10(11)6-7-13(12)18/h2-7,18H,8H2,1H3,(H,15,17). The molecule has 2 aromatic carbocycles. The van der Waals surface area contributed by atoms with Crippen molar-refractivity contribution in [1.29, 1.82) is 0 Å². The first-order valence-corrected chi connectivity index (χ1v) is 6.79. The summed E-state index contributed by atoms with van der Waals surface area (Å²) in [6, 6.07) is 11.7. The molecule has 19 heavy (non-hydrogen) atoms. The van der Waals surface area contributed by atoms with Crippen LogP contribution >= 0.6 is 11.3 Å². The lowest BCUT2D eigenvalue weighted by Crippen LogP contribution is -2.00. The number of anilines is 1. The molecule has 96 valence electrons. The molecule has 0 saturated heterocycles. The Balaban J connectivity index is 1.93. The van der Waals surface area contributed by atoms with Gasteiger partial charge in [0.1, 0.15) is 10.8 Å². The summed E-state index contributed by atoms with van der Waals surface area (Å²) in [4.78, 5) is 0. The number of rotatable bonds is 3. The average Bonchev–Trinajstić information content (AvgIpc) is 2.83. The first-order chi connectivity index (χ1) is 9.24. The number of nitrogens with zero attached hydrogens (tertiary/aromatic N) is 2. The Labute approximate surface area is 114 Å². The molecule has 0 aliphatic heterocycles. The summed E-state index contributed by atoms with van der Waals surface area (Å²) in [7, 11) is 0. The van der Waals surface area contributed by atoms with Crippen molar-refractivity contribution in [3.63, 3.8) is 0 Å². The quantitative estimate of drug-likeness (QED) is 0.767. The van der Waals surface area contributed by atoms with Crippen LogP contribution in [0.25, 0.3) is 10.8 Å². The summed E-state index contributed by atoms with van der Waals surface area (Å²) in [5.74, 6) is 0.299. The number of phenolic OH excluding ortho intramolecular Hbond substituents is 1. The Kier molecular flexibility index (Phi) is 3.05. The molecule has 0 unspecified atom stereocenters. The second-order valence-electron chi connectivity index (χ2n) is 4.26. The average molecular weight is 271 g/mol. The molecule has 4 nitrogen and oxygen atoms in total. The summed E-state index contributed by atoms with van der Waals surface area (Å²) in [5.41, 5.74) is 0.881. The lowest BCUT2D eigenvalue weighted by atomic mass is 10.0. The third kappa shape index (κ3) is 2.37. The number of nitrogens with one attached hydrogen (secondary N) is 1. The van der Waals surface area contributed by atoms with Crippen molar-refractivity contribution in [2.24, 2.45) is 0 Å². The van der Waals surface area contributed by atoms with Crippen molar-refractivity contribution in [2.45, 2.75) is 13.5 Å². The van der Waals surface area contributed by atoms with Crippen LogP contribution in [0.15, 0.2) is 36.4 Å². The minimum Gasteiger partial charge on any atom is -0.508 e. The molecule has 0 fully saturated rings. The second kappa shape index (κ2) is 4.85. The SMILES string of the molecule is Cc1nnc(NCc2c(O)ccc3ccccc23)s1. The molecule has 3 aromatic rings. The zero-order chi connectivity index (χ0) is 13.2. The van der Waals surface area contributed by atoms with Crippen molar-refractivity contribution in [1.82, 2.24) is 10.2 Å². The minimum absolute atomic E-state index is 0.299. The predicted octanol–water partition coefficient (Wildman–Crippen LogP) is 3.32. The number of fused-ring (bicyclic) bond motifs is 1. The van der Waals surface area contributed by atoms with Gasteiger partial charge >= 0.3 is 0 Å². The van der Waals surface area contributed by atoms with Gasteiger partial charge in [-0.15, -0.1) is 10.2 Å². The lowest BCUT2D eigenvalue weighted by Gasteiger charge is -2.09. The molecule has 0 atom stereocenters. The molecular formula is C14H13N3OS. The van der Waals surface area contributed by atoms with Crippen LogP contribution in [0, 0.1) is 6.92 Å². The van der Waals surface area contributed by atoms with Crippen molar-refractivity contribution < 1.29 is 5.11 Å². The van der Waals surface area contributed by atoms with E-state index in [1.54, 1.807) is 6.07 Å². The molecule has 1 aromatic heterocycles. The number of phenols is 1. The van der Waals surface area contributed by atoms with Crippen LogP contribution in [0.1, 0.15) is 10.6 Å². The van der Waals surface area contributed by atoms with E-state index < -0.39 is 0 Å². The van der Waals surface area contributed by atoms with Crippen LogP contribution in [0.3, 0.4) is 0 Å². The van der Waals surface area contributed by atoms with Crippen molar-refractivity contribution in [3.05, 3.63) is 47.0 Å². The Morgan fingerprint density at radius 3 is 2.79 bits per heavy atom. The monoisotopic (exact) mass is 271 g/mol. The molecule has 1 heterocycles. The Morgan fingerprint density at radius 2 is 2.00 bits per heavy atom. The molecule has 0 saturated carbocycles. The third-order valence-corrected chi connectivity index (χ3v) is 3.75. The highest BCUT2D eigenvalue weighted by Crippen LogP contribution is 2.28. The predicted molar refractivity (Wildman–Crippen MR) is 77.6 cm³/mol. The fraction of sp³-hybridized carbons (Fsp3) is 0.143. The Bertz CT molecular complexity index is 724. The molecule has 0 radical (unpaired) electrons. The summed E-state index contributed by atoms with van der Waals surface area (Å²) < 4.78 is 0. The number of aryl methyl sites for hydroxylation is 1. The van der Waals surface area contributed by atoms with Crippen molar-refractivity contribution >= 4 is 27.2 Å². The molecule has 5 heteroatoms. The van der Waals surface area contributed by atoms with Crippen LogP contribution < -0.4 is 5.32 Å². The van der Waals surface area contributed by atoms with E-state index in [4.69, 9.17) is 0 Å². The highest BCUT2D eigenvalue weighted by atomic mass is 32.1. The van der Waals surface area contributed by atoms with E-state index in [1.165, 1.54) is 11.3 Å². The first kappa shape index (κ1) is 11.9. The smallest absolute Gasteiger partial charge is 0.205 e. The molecule has 3 rings (SSSR count). The van der Waals surface area contributed by atoms with E-state index in [1.807, 2.05) is 37.3 Å². The topological polar surface area (TPSA) is 58.0 Å². The molecule has 2 N–H and O–H groups in total. The van der Waals surface area contributed by atoms with Crippen LogP contribution in [0.2, 0.25) is 0 Å². The molecule has 0 spiro atoms. The number of hydrogen-bond donors (Lipinski definition) is 2. The van der Waals surface area contributed by atoms with Crippen LogP contribution in [0.4, 0.5) is 5.13 Å². The van der Waals surface area contributed by atoms with E-state index in [-0.39, 0.29) is 0 Å². The summed E-state index contributed by atoms with van der Waals surface area (Å²) in [6.45, 7) is 2.44. The Morgan fingerprint density at radius 1 is 1.16 bits per heavy atom. The first-order valence-electron chi connectivity index (χ1n) is 5.97. The number of aromatic nitrogens is 2. The van der Waals surface area contributed by atoms with Crippen LogP contribution in [-0.4, -0.2) is 15.3 Å². The van der Waals surface area contributed by atoms with Gasteiger partial charge in [0.25, 0.3) is 0 Å². The Hall–Kier alpha value is -2.14. The normalized spacial score (nSPS) is 10.8. The highest BCUT2D eigenvalue weighted by molar-refractivity contribution is 7.15. The summed E-state index contributed by atoms with van der Waals surface area (Å²) >= 11 is 1.50. The number of hydrogen-bond acceptors (Lipinski definition) is 5. The molecular weight excluding hydrogens is 258 g/mol. The van der Waals surface area contributed by atoms with Crippen molar-refractivity contribution in [2.75, 3.05) is 5.32 Å². The van der Waals surface area contributed by atoms with Crippen LogP contribution in [0.5, 0.6) is 5.75 Å². The zero-order valence-electron chi connectivity index (χ0n) is 10.4. The summed E-state index contributed by atoms with van der Waals surface area (Å²) in [5, 5.41) is 25.0. The van der Waals surface area contributed by atoms with Gasteiger partial charge in [0, 0.05) is 12.1 Å². The van der Waals surface area contributed by atoms with Gasteiger partial charge in [-0.1, -0.05) is 41.7 Å². The fourth-order valence-corrected chi connectivity index (χ4v) is 2.63. The van der Waals surface area contributed by atoms with Gasteiger partial charge in [-0.25, -0.2) is 0 Å². The van der Waals surface area contributed by atoms with Gasteiger partial charge in [-0.3, -0.25) is 0 Å². The maximum Gasteiger partial charge on any atom is 0.205 e. The number of benzene rings is 2. The molecule has 0 aliphatic rings. The molecule has 0 aliphatic carbocycles.